The van der Waals surface area contributed by atoms with Gasteiger partial charge in [-0.2, -0.15) is 6.58 Å². The molecule has 2 heteroatoms. The maximum absolute atomic E-state index is 5.06. The summed E-state index contributed by atoms with van der Waals surface area (Å²) in [5, 5.41) is 0. The minimum absolute atomic E-state index is 0. The van der Waals surface area contributed by atoms with Crippen molar-refractivity contribution < 1.29 is 58.2 Å². The molecule has 0 spiro atoms. The van der Waals surface area contributed by atoms with Crippen LogP contribution < -0.4 is 63.9 Å². The molecule has 0 aliphatic rings. The molecule has 0 aliphatic carbocycles. The van der Waals surface area contributed by atoms with Crippen molar-refractivity contribution in [1.29, 1.82) is 0 Å². The molecule has 0 atom stereocenters. The van der Waals surface area contributed by atoms with Crippen molar-refractivity contribution in [2.75, 3.05) is 6.54 Å². The molecule has 0 unspecified atom stereocenters. The third-order valence-electron chi connectivity index (χ3n) is 0.372. The predicted molar refractivity (Wildman–Crippen MR) is 27.1 cm³/mol. The van der Waals surface area contributed by atoms with E-state index in [4.69, 9.17) is 5.73 Å². The van der Waals surface area contributed by atoms with Crippen LogP contribution in [0.2, 0.25) is 0 Å². The van der Waals surface area contributed by atoms with Crippen molar-refractivity contribution in [2.45, 2.75) is 0 Å². The first kappa shape index (κ1) is 11.1. The zero-order valence-electron chi connectivity index (χ0n) is 4.65. The van der Waals surface area contributed by atoms with Gasteiger partial charge in [-0.05, 0) is 0 Å². The molecule has 0 aromatic rings. The van der Waals surface area contributed by atoms with Crippen LogP contribution in [-0.2, 0) is 0 Å². The maximum Gasteiger partial charge on any atom is 1.00 e. The SMILES string of the molecule is C=[C-]/C=C\CN.[Rb+]. The molecular weight excluding hydrogens is 160 g/mol. The Kier molecular flexibility index (Phi) is 16.3. The molecule has 0 rings (SSSR count). The molecular formula is C5H8NRb. The second kappa shape index (κ2) is 10.3. The smallest absolute Gasteiger partial charge is 0.343 e. The van der Waals surface area contributed by atoms with Crippen LogP contribution in [0.5, 0.6) is 0 Å². The Morgan fingerprint density at radius 1 is 1.71 bits per heavy atom. The van der Waals surface area contributed by atoms with Gasteiger partial charge in [-0.1, -0.05) is 6.54 Å². The Morgan fingerprint density at radius 2 is 2.29 bits per heavy atom. The minimum atomic E-state index is 0. The van der Waals surface area contributed by atoms with Crippen molar-refractivity contribution in [3.05, 3.63) is 24.8 Å². The molecule has 7 heavy (non-hydrogen) atoms. The topological polar surface area (TPSA) is 26.0 Å². The van der Waals surface area contributed by atoms with Crippen molar-refractivity contribution in [3.8, 4) is 0 Å². The van der Waals surface area contributed by atoms with Gasteiger partial charge in [0.1, 0.15) is 0 Å². The molecule has 0 radical (unpaired) electrons. The third-order valence-corrected chi connectivity index (χ3v) is 0.372. The third kappa shape index (κ3) is 11.1. The van der Waals surface area contributed by atoms with Gasteiger partial charge in [-0.25, -0.2) is 12.2 Å². The molecule has 2 N–H and O–H groups in total. The number of nitrogens with two attached hydrogens (primary N) is 1. The summed E-state index contributed by atoms with van der Waals surface area (Å²) in [4.78, 5) is 0. The Balaban J connectivity index is 0. The number of hydrogen-bond acceptors (Lipinski definition) is 1. The molecule has 34 valence electrons. The number of hydrogen-bond donors (Lipinski definition) is 1. The van der Waals surface area contributed by atoms with Gasteiger partial charge >= 0.3 is 58.2 Å². The van der Waals surface area contributed by atoms with Gasteiger partial charge in [-0.3, -0.25) is 6.08 Å². The summed E-state index contributed by atoms with van der Waals surface area (Å²) >= 11 is 0. The standard InChI is InChI=1S/C5H8N.Rb/c1-2-3-4-5-6;/h3-4H,1,5-6H2;/q-1;+1/b4-3-;. The number of allylic oxidation sites excluding steroid dienone is 2. The molecule has 0 aromatic heterocycles. The van der Waals surface area contributed by atoms with E-state index in [1.165, 1.54) is 0 Å². The molecule has 0 aromatic carbocycles. The molecule has 0 saturated heterocycles. The monoisotopic (exact) mass is 167 g/mol. The van der Waals surface area contributed by atoms with E-state index in [1.54, 1.807) is 12.2 Å². The Labute approximate surface area is 93.5 Å². The summed E-state index contributed by atoms with van der Waals surface area (Å²) in [7, 11) is 0. The fraction of sp³-hybridized carbons (Fsp3) is 0.200. The van der Waals surface area contributed by atoms with E-state index in [0.717, 1.165) is 0 Å². The fourth-order valence-electron chi connectivity index (χ4n) is 0.151. The van der Waals surface area contributed by atoms with Crippen LogP contribution in [0.3, 0.4) is 0 Å². The van der Waals surface area contributed by atoms with E-state index < -0.39 is 0 Å². The second-order valence-electron chi connectivity index (χ2n) is 0.842. The normalized spacial score (nSPS) is 8.14. The molecule has 0 amide bonds. The molecule has 0 aliphatic heterocycles. The zero-order chi connectivity index (χ0) is 4.83. The first-order chi connectivity index (χ1) is 2.91. The van der Waals surface area contributed by atoms with Crippen LogP contribution in [-0.4, -0.2) is 6.54 Å². The van der Waals surface area contributed by atoms with E-state index >= 15 is 0 Å². The van der Waals surface area contributed by atoms with Crippen LogP contribution in [0.4, 0.5) is 0 Å². The molecule has 0 saturated carbocycles. The molecule has 0 bridgehead atoms. The maximum atomic E-state index is 5.06. The van der Waals surface area contributed by atoms with E-state index in [9.17, 15) is 0 Å². The first-order valence-corrected chi connectivity index (χ1v) is 1.79. The predicted octanol–water partition coefficient (Wildman–Crippen LogP) is -2.51. The van der Waals surface area contributed by atoms with Crippen LogP contribution in [0.15, 0.2) is 18.7 Å². The van der Waals surface area contributed by atoms with E-state index in [0.29, 0.717) is 6.54 Å². The van der Waals surface area contributed by atoms with Crippen molar-refractivity contribution in [1.82, 2.24) is 0 Å². The summed E-state index contributed by atoms with van der Waals surface area (Å²) in [6, 6.07) is 0. The first-order valence-electron chi connectivity index (χ1n) is 1.79. The largest absolute Gasteiger partial charge is 1.00 e. The second-order valence-corrected chi connectivity index (χ2v) is 0.842. The summed E-state index contributed by atoms with van der Waals surface area (Å²) in [5.41, 5.74) is 5.06. The molecule has 0 fully saturated rings. The van der Waals surface area contributed by atoms with E-state index in [2.05, 4.69) is 12.7 Å². The van der Waals surface area contributed by atoms with E-state index in [-0.39, 0.29) is 58.2 Å². The van der Waals surface area contributed by atoms with Crippen molar-refractivity contribution in [2.24, 2.45) is 5.73 Å². The van der Waals surface area contributed by atoms with Gasteiger partial charge in [0.05, 0.1) is 0 Å². The Morgan fingerprint density at radius 3 is 2.43 bits per heavy atom. The summed E-state index contributed by atoms with van der Waals surface area (Å²) in [5.74, 6) is 0. The zero-order valence-corrected chi connectivity index (χ0v) is 9.56. The van der Waals surface area contributed by atoms with E-state index in [1.807, 2.05) is 0 Å². The van der Waals surface area contributed by atoms with Crippen LogP contribution in [0.25, 0.3) is 0 Å². The minimum Gasteiger partial charge on any atom is -0.343 e. The Bertz CT molecular complexity index is 59.1. The fourth-order valence-corrected chi connectivity index (χ4v) is 0.151. The summed E-state index contributed by atoms with van der Waals surface area (Å²) in [6.45, 7) is 3.90. The number of rotatable bonds is 2. The van der Waals surface area contributed by atoms with Crippen molar-refractivity contribution in [3.63, 3.8) is 0 Å². The van der Waals surface area contributed by atoms with Gasteiger partial charge in [0, 0.05) is 0 Å². The van der Waals surface area contributed by atoms with Gasteiger partial charge < -0.3 is 5.73 Å². The summed E-state index contributed by atoms with van der Waals surface area (Å²) in [6.07, 6.45) is 6.04. The van der Waals surface area contributed by atoms with Crippen molar-refractivity contribution >= 4 is 0 Å². The molecule has 1 nitrogen and oxygen atoms in total. The Hall–Kier alpha value is 1.25. The molecule has 0 heterocycles. The van der Waals surface area contributed by atoms with Crippen LogP contribution >= 0.6 is 0 Å². The van der Waals surface area contributed by atoms with Gasteiger partial charge in [0.15, 0.2) is 0 Å². The van der Waals surface area contributed by atoms with Gasteiger partial charge in [-0.15, -0.1) is 0 Å². The van der Waals surface area contributed by atoms with Crippen LogP contribution in [0, 0.1) is 6.08 Å². The van der Waals surface area contributed by atoms with Crippen LogP contribution in [0.1, 0.15) is 0 Å². The average Bonchev–Trinajstić information content (AvgIpc) is 1.61. The van der Waals surface area contributed by atoms with Gasteiger partial charge in [0.2, 0.25) is 0 Å². The van der Waals surface area contributed by atoms with Gasteiger partial charge in [0.25, 0.3) is 0 Å². The average molecular weight is 168 g/mol. The summed E-state index contributed by atoms with van der Waals surface area (Å²) < 4.78 is 0. The quantitative estimate of drug-likeness (QED) is 0.357.